The third-order valence-electron chi connectivity index (χ3n) is 3.07. The lowest BCUT2D eigenvalue weighted by atomic mass is 10.1. The lowest BCUT2D eigenvalue weighted by molar-refractivity contribution is 0.104. The van der Waals surface area contributed by atoms with Crippen molar-refractivity contribution in [3.8, 4) is 11.5 Å². The van der Waals surface area contributed by atoms with E-state index >= 15 is 0 Å². The van der Waals surface area contributed by atoms with Crippen LogP contribution in [0.5, 0.6) is 11.5 Å². The van der Waals surface area contributed by atoms with Crippen LogP contribution in [-0.2, 0) is 0 Å². The smallest absolute Gasteiger partial charge is 0.185 e. The van der Waals surface area contributed by atoms with Crippen LogP contribution in [0.2, 0.25) is 10.0 Å². The van der Waals surface area contributed by atoms with Gasteiger partial charge in [-0.3, -0.25) is 4.79 Å². The van der Waals surface area contributed by atoms with E-state index in [2.05, 4.69) is 0 Å². The summed E-state index contributed by atoms with van der Waals surface area (Å²) >= 11 is 12.1. The number of halogens is 2. The van der Waals surface area contributed by atoms with E-state index < -0.39 is 0 Å². The van der Waals surface area contributed by atoms with Crippen molar-refractivity contribution in [3.05, 3.63) is 63.6 Å². The molecule has 0 saturated heterocycles. The van der Waals surface area contributed by atoms with Gasteiger partial charge in [0.2, 0.25) is 0 Å². The van der Waals surface area contributed by atoms with E-state index in [-0.39, 0.29) is 5.78 Å². The molecule has 0 radical (unpaired) electrons. The van der Waals surface area contributed by atoms with Gasteiger partial charge in [-0.05, 0) is 42.5 Å². The standard InChI is InChI=1S/C17H14Cl2O3/c1-21-16-9-6-11(10-17(16)22-2)15(20)8-7-12-13(18)4-3-5-14(12)19/h3-10H,1-2H3. The van der Waals surface area contributed by atoms with Crippen LogP contribution in [0.25, 0.3) is 6.08 Å². The molecule has 0 aliphatic heterocycles. The second-order valence-electron chi connectivity index (χ2n) is 4.40. The minimum atomic E-state index is -0.183. The molecule has 2 aromatic carbocycles. The monoisotopic (exact) mass is 336 g/mol. The van der Waals surface area contributed by atoms with Crippen LogP contribution in [0.4, 0.5) is 0 Å². The Morgan fingerprint density at radius 3 is 2.23 bits per heavy atom. The largest absolute Gasteiger partial charge is 0.493 e. The lowest BCUT2D eigenvalue weighted by Crippen LogP contribution is -1.97. The van der Waals surface area contributed by atoms with E-state index in [1.807, 2.05) is 0 Å². The molecule has 2 rings (SSSR count). The van der Waals surface area contributed by atoms with Crippen molar-refractivity contribution in [1.29, 1.82) is 0 Å². The highest BCUT2D eigenvalue weighted by Crippen LogP contribution is 2.29. The molecular formula is C17H14Cl2O3. The summed E-state index contributed by atoms with van der Waals surface area (Å²) < 4.78 is 10.3. The molecule has 3 nitrogen and oxygen atoms in total. The van der Waals surface area contributed by atoms with Crippen molar-refractivity contribution in [2.45, 2.75) is 0 Å². The summed E-state index contributed by atoms with van der Waals surface area (Å²) in [5.74, 6) is 0.881. The van der Waals surface area contributed by atoms with E-state index in [1.165, 1.54) is 13.2 Å². The molecule has 0 saturated carbocycles. The Bertz CT molecular complexity index is 704. The van der Waals surface area contributed by atoms with Gasteiger partial charge in [-0.25, -0.2) is 0 Å². The van der Waals surface area contributed by atoms with Crippen LogP contribution < -0.4 is 9.47 Å². The molecule has 0 spiro atoms. The van der Waals surface area contributed by atoms with Crippen molar-refractivity contribution < 1.29 is 14.3 Å². The second kappa shape index (κ2) is 7.34. The Kier molecular flexibility index (Phi) is 5.47. The van der Waals surface area contributed by atoms with Gasteiger partial charge in [-0.15, -0.1) is 0 Å². The number of hydrogen-bond donors (Lipinski definition) is 0. The Morgan fingerprint density at radius 1 is 1.00 bits per heavy atom. The first kappa shape index (κ1) is 16.4. The van der Waals surface area contributed by atoms with Crippen molar-refractivity contribution >= 4 is 35.1 Å². The van der Waals surface area contributed by atoms with Crippen LogP contribution >= 0.6 is 23.2 Å². The maximum absolute atomic E-state index is 12.2. The number of ether oxygens (including phenoxy) is 2. The number of allylic oxidation sites excluding steroid dienone is 1. The van der Waals surface area contributed by atoms with E-state index in [0.717, 1.165) is 0 Å². The Labute approximate surface area is 139 Å². The third-order valence-corrected chi connectivity index (χ3v) is 3.73. The van der Waals surface area contributed by atoms with Crippen LogP contribution in [0, 0.1) is 0 Å². The zero-order chi connectivity index (χ0) is 16.1. The number of hydrogen-bond acceptors (Lipinski definition) is 3. The average molecular weight is 337 g/mol. The topological polar surface area (TPSA) is 35.5 Å². The molecule has 5 heteroatoms. The van der Waals surface area contributed by atoms with Gasteiger partial charge in [0, 0.05) is 21.2 Å². The fourth-order valence-electron chi connectivity index (χ4n) is 1.91. The number of carbonyl (C=O) groups excluding carboxylic acids is 1. The fourth-order valence-corrected chi connectivity index (χ4v) is 2.44. The summed E-state index contributed by atoms with van der Waals surface area (Å²) in [5.41, 5.74) is 1.09. The van der Waals surface area contributed by atoms with Crippen LogP contribution in [0.1, 0.15) is 15.9 Å². The van der Waals surface area contributed by atoms with Gasteiger partial charge < -0.3 is 9.47 Å². The number of methoxy groups -OCH3 is 2. The van der Waals surface area contributed by atoms with Crippen LogP contribution in [0.3, 0.4) is 0 Å². The first-order valence-electron chi connectivity index (χ1n) is 6.45. The minimum absolute atomic E-state index is 0.183. The average Bonchev–Trinajstić information content (AvgIpc) is 2.53. The van der Waals surface area contributed by atoms with E-state index in [4.69, 9.17) is 32.7 Å². The van der Waals surface area contributed by atoms with Gasteiger partial charge in [0.05, 0.1) is 14.2 Å². The summed E-state index contributed by atoms with van der Waals surface area (Å²) in [6.07, 6.45) is 3.03. The minimum Gasteiger partial charge on any atom is -0.493 e. The van der Waals surface area contributed by atoms with Gasteiger partial charge in [0.1, 0.15) is 0 Å². The molecule has 22 heavy (non-hydrogen) atoms. The molecule has 0 aliphatic rings. The normalized spacial score (nSPS) is 10.7. The number of carbonyl (C=O) groups is 1. The molecule has 0 aliphatic carbocycles. The van der Waals surface area contributed by atoms with E-state index in [9.17, 15) is 4.79 Å². The molecule has 0 amide bonds. The SMILES string of the molecule is COc1ccc(C(=O)C=Cc2c(Cl)cccc2Cl)cc1OC. The zero-order valence-electron chi connectivity index (χ0n) is 12.1. The molecule has 0 unspecified atom stereocenters. The van der Waals surface area contributed by atoms with Gasteiger partial charge >= 0.3 is 0 Å². The predicted molar refractivity (Wildman–Crippen MR) is 89.4 cm³/mol. The maximum atomic E-state index is 12.2. The molecule has 0 heterocycles. The second-order valence-corrected chi connectivity index (χ2v) is 5.22. The molecule has 0 atom stereocenters. The summed E-state index contributed by atoms with van der Waals surface area (Å²) in [6.45, 7) is 0. The van der Waals surface area contributed by atoms with Crippen LogP contribution in [0.15, 0.2) is 42.5 Å². The Morgan fingerprint density at radius 2 is 1.64 bits per heavy atom. The summed E-state index contributed by atoms with van der Waals surface area (Å²) in [4.78, 5) is 12.2. The third kappa shape index (κ3) is 3.62. The van der Waals surface area contributed by atoms with E-state index in [1.54, 1.807) is 49.6 Å². The number of benzene rings is 2. The molecule has 0 N–H and O–H groups in total. The molecule has 2 aromatic rings. The zero-order valence-corrected chi connectivity index (χ0v) is 13.6. The highest BCUT2D eigenvalue weighted by Gasteiger charge is 2.09. The predicted octanol–water partition coefficient (Wildman–Crippen LogP) is 4.91. The fraction of sp³-hybridized carbons (Fsp3) is 0.118. The molecule has 0 fully saturated rings. The van der Waals surface area contributed by atoms with Crippen molar-refractivity contribution in [3.63, 3.8) is 0 Å². The number of ketones is 1. The molecule has 0 aromatic heterocycles. The lowest BCUT2D eigenvalue weighted by Gasteiger charge is -2.08. The van der Waals surface area contributed by atoms with Crippen molar-refractivity contribution in [1.82, 2.24) is 0 Å². The number of rotatable bonds is 5. The molecular weight excluding hydrogens is 323 g/mol. The Hall–Kier alpha value is -1.97. The van der Waals surface area contributed by atoms with Gasteiger partial charge in [-0.2, -0.15) is 0 Å². The quantitative estimate of drug-likeness (QED) is 0.575. The summed E-state index contributed by atoms with van der Waals surface area (Å²) in [6, 6.07) is 10.2. The summed E-state index contributed by atoms with van der Waals surface area (Å²) in [7, 11) is 3.06. The molecule has 0 bridgehead atoms. The first-order chi connectivity index (χ1) is 10.6. The van der Waals surface area contributed by atoms with Gasteiger partial charge in [0.15, 0.2) is 17.3 Å². The van der Waals surface area contributed by atoms with Crippen molar-refractivity contribution in [2.24, 2.45) is 0 Å². The van der Waals surface area contributed by atoms with Gasteiger partial charge in [0.25, 0.3) is 0 Å². The van der Waals surface area contributed by atoms with Crippen molar-refractivity contribution in [2.75, 3.05) is 14.2 Å². The van der Waals surface area contributed by atoms with Gasteiger partial charge in [-0.1, -0.05) is 29.3 Å². The van der Waals surface area contributed by atoms with E-state index in [0.29, 0.717) is 32.7 Å². The maximum Gasteiger partial charge on any atom is 0.185 e. The van der Waals surface area contributed by atoms with Crippen LogP contribution in [-0.4, -0.2) is 20.0 Å². The highest BCUT2D eigenvalue weighted by molar-refractivity contribution is 6.37. The molecule has 114 valence electrons. The highest BCUT2D eigenvalue weighted by atomic mass is 35.5. The first-order valence-corrected chi connectivity index (χ1v) is 7.21. The summed E-state index contributed by atoms with van der Waals surface area (Å²) in [5, 5.41) is 0.979. The Balaban J connectivity index is 2.27.